The minimum absolute atomic E-state index is 0.123. The molecule has 120 valence electrons. The summed E-state index contributed by atoms with van der Waals surface area (Å²) in [7, 11) is 0. The third-order valence-corrected chi connectivity index (χ3v) is 4.48. The van der Waals surface area contributed by atoms with Crippen molar-refractivity contribution in [2.45, 2.75) is 38.8 Å². The molecule has 1 aliphatic heterocycles. The van der Waals surface area contributed by atoms with Gasteiger partial charge in [-0.15, -0.1) is 0 Å². The fourth-order valence-corrected chi connectivity index (χ4v) is 3.15. The van der Waals surface area contributed by atoms with Gasteiger partial charge < -0.3 is 10.1 Å². The molecule has 2 aliphatic rings. The van der Waals surface area contributed by atoms with Gasteiger partial charge in [0, 0.05) is 24.0 Å². The highest BCUT2D eigenvalue weighted by atomic mass is 35.5. The molecule has 0 unspecified atom stereocenters. The molecule has 5 nitrogen and oxygen atoms in total. The number of hydrogen-bond acceptors (Lipinski definition) is 3. The topological polar surface area (TPSA) is 56.2 Å². The fraction of sp³-hybridized carbons (Fsp3) is 0.412. The molecule has 0 bridgehead atoms. The van der Waals surface area contributed by atoms with E-state index in [9.17, 15) is 4.79 Å². The van der Waals surface area contributed by atoms with Gasteiger partial charge in [0.1, 0.15) is 0 Å². The standard InChI is InChI=1S/C17H18ClN3O2/c1-10-9-11(18)3-6-13(10)14-15(16(22)19-12-4-5-12)20-21-7-2-8-23-17(14)21/h3,6,9,12H,2,4-5,7-8H2,1H3,(H,19,22). The van der Waals surface area contributed by atoms with Gasteiger partial charge in [-0.3, -0.25) is 4.79 Å². The van der Waals surface area contributed by atoms with Crippen LogP contribution >= 0.6 is 11.6 Å². The maximum Gasteiger partial charge on any atom is 0.272 e. The number of nitrogens with one attached hydrogen (secondary N) is 1. The van der Waals surface area contributed by atoms with Gasteiger partial charge in [-0.1, -0.05) is 17.7 Å². The molecular formula is C17H18ClN3O2. The van der Waals surface area contributed by atoms with E-state index in [1.54, 1.807) is 4.68 Å². The van der Waals surface area contributed by atoms with Crippen LogP contribution in [-0.2, 0) is 6.54 Å². The zero-order chi connectivity index (χ0) is 16.0. The van der Waals surface area contributed by atoms with Crippen molar-refractivity contribution in [3.8, 4) is 17.0 Å². The molecule has 1 aliphatic carbocycles. The highest BCUT2D eigenvalue weighted by Gasteiger charge is 2.31. The number of rotatable bonds is 3. The molecule has 0 saturated heterocycles. The van der Waals surface area contributed by atoms with E-state index in [-0.39, 0.29) is 5.91 Å². The number of ether oxygens (including phenoxy) is 1. The Morgan fingerprint density at radius 2 is 2.26 bits per heavy atom. The van der Waals surface area contributed by atoms with Crippen LogP contribution in [0.5, 0.6) is 5.88 Å². The van der Waals surface area contributed by atoms with E-state index >= 15 is 0 Å². The van der Waals surface area contributed by atoms with Crippen LogP contribution in [0.4, 0.5) is 0 Å². The van der Waals surface area contributed by atoms with Gasteiger partial charge in [0.2, 0.25) is 5.88 Å². The van der Waals surface area contributed by atoms with Crippen LogP contribution in [0.2, 0.25) is 5.02 Å². The number of hydrogen-bond donors (Lipinski definition) is 1. The Kier molecular flexibility index (Phi) is 3.53. The predicted molar refractivity (Wildman–Crippen MR) is 88.0 cm³/mol. The Labute approximate surface area is 139 Å². The quantitative estimate of drug-likeness (QED) is 0.939. The van der Waals surface area contributed by atoms with E-state index in [1.807, 2.05) is 25.1 Å². The number of benzene rings is 1. The molecule has 0 atom stereocenters. The summed E-state index contributed by atoms with van der Waals surface area (Å²) >= 11 is 6.07. The third kappa shape index (κ3) is 2.70. The normalized spacial score (nSPS) is 16.6. The first-order chi connectivity index (χ1) is 11.1. The molecule has 1 aromatic carbocycles. The van der Waals surface area contributed by atoms with Gasteiger partial charge in [0.25, 0.3) is 5.91 Å². The van der Waals surface area contributed by atoms with E-state index < -0.39 is 0 Å². The highest BCUT2D eigenvalue weighted by Crippen LogP contribution is 2.38. The van der Waals surface area contributed by atoms with Crippen molar-refractivity contribution in [3.63, 3.8) is 0 Å². The van der Waals surface area contributed by atoms with E-state index in [0.29, 0.717) is 29.2 Å². The minimum Gasteiger partial charge on any atom is -0.477 e. The molecule has 2 heterocycles. The second-order valence-corrected chi connectivity index (χ2v) is 6.60. The Morgan fingerprint density at radius 1 is 1.43 bits per heavy atom. The number of aromatic nitrogens is 2. The SMILES string of the molecule is Cc1cc(Cl)ccc1-c1c(C(=O)NC2CC2)nn2c1OCCC2. The molecule has 23 heavy (non-hydrogen) atoms. The third-order valence-electron chi connectivity index (χ3n) is 4.24. The molecule has 1 N–H and O–H groups in total. The second-order valence-electron chi connectivity index (χ2n) is 6.16. The molecule has 1 aromatic heterocycles. The Balaban J connectivity index is 1.84. The maximum atomic E-state index is 12.6. The number of nitrogens with zero attached hydrogens (tertiary/aromatic N) is 2. The first-order valence-electron chi connectivity index (χ1n) is 7.94. The van der Waals surface area contributed by atoms with Crippen molar-refractivity contribution in [1.29, 1.82) is 0 Å². The number of carbonyl (C=O) groups is 1. The van der Waals surface area contributed by atoms with Gasteiger partial charge in [-0.25, -0.2) is 4.68 Å². The van der Waals surface area contributed by atoms with Crippen molar-refractivity contribution in [2.75, 3.05) is 6.61 Å². The van der Waals surface area contributed by atoms with E-state index in [4.69, 9.17) is 16.3 Å². The van der Waals surface area contributed by atoms with Crippen LogP contribution in [0, 0.1) is 6.92 Å². The Bertz CT molecular complexity index is 780. The van der Waals surface area contributed by atoms with Crippen molar-refractivity contribution in [1.82, 2.24) is 15.1 Å². The molecule has 1 amide bonds. The average molecular weight is 332 g/mol. The zero-order valence-electron chi connectivity index (χ0n) is 12.9. The monoisotopic (exact) mass is 331 g/mol. The van der Waals surface area contributed by atoms with Gasteiger partial charge in [-0.05, 0) is 43.0 Å². The Hall–Kier alpha value is -2.01. The molecule has 0 spiro atoms. The maximum absolute atomic E-state index is 12.6. The van der Waals surface area contributed by atoms with Crippen molar-refractivity contribution >= 4 is 17.5 Å². The lowest BCUT2D eigenvalue weighted by molar-refractivity contribution is 0.0945. The number of halogens is 1. The first kappa shape index (κ1) is 14.6. The number of fused-ring (bicyclic) bond motifs is 1. The summed E-state index contributed by atoms with van der Waals surface area (Å²) in [6.07, 6.45) is 2.99. The van der Waals surface area contributed by atoms with Crippen LogP contribution in [0.15, 0.2) is 18.2 Å². The fourth-order valence-electron chi connectivity index (χ4n) is 2.92. The molecule has 6 heteroatoms. The lowest BCUT2D eigenvalue weighted by Crippen LogP contribution is -2.26. The molecule has 1 fully saturated rings. The number of carbonyl (C=O) groups excluding carboxylic acids is 1. The average Bonchev–Trinajstić information content (AvgIpc) is 3.25. The molecule has 2 aromatic rings. The van der Waals surface area contributed by atoms with Crippen molar-refractivity contribution < 1.29 is 9.53 Å². The van der Waals surface area contributed by atoms with Crippen LogP contribution in [0.3, 0.4) is 0 Å². The van der Waals surface area contributed by atoms with Gasteiger partial charge in [0.05, 0.1) is 12.2 Å². The van der Waals surface area contributed by atoms with Gasteiger partial charge in [-0.2, -0.15) is 5.10 Å². The van der Waals surface area contributed by atoms with E-state index in [0.717, 1.165) is 42.5 Å². The van der Waals surface area contributed by atoms with Gasteiger partial charge in [0.15, 0.2) is 5.69 Å². The van der Waals surface area contributed by atoms with Crippen molar-refractivity contribution in [2.24, 2.45) is 0 Å². The van der Waals surface area contributed by atoms with E-state index in [1.165, 1.54) is 0 Å². The van der Waals surface area contributed by atoms with Crippen LogP contribution in [-0.4, -0.2) is 28.3 Å². The number of amides is 1. The predicted octanol–water partition coefficient (Wildman–Crippen LogP) is 3.19. The van der Waals surface area contributed by atoms with E-state index in [2.05, 4.69) is 10.4 Å². The number of aryl methyl sites for hydroxylation is 2. The summed E-state index contributed by atoms with van der Waals surface area (Å²) in [5.74, 6) is 0.560. The Morgan fingerprint density at radius 3 is 3.00 bits per heavy atom. The summed E-state index contributed by atoms with van der Waals surface area (Å²) in [5, 5.41) is 8.22. The first-order valence-corrected chi connectivity index (χ1v) is 8.32. The summed E-state index contributed by atoms with van der Waals surface area (Å²) in [6, 6.07) is 5.95. The largest absolute Gasteiger partial charge is 0.477 e. The van der Waals surface area contributed by atoms with Crippen molar-refractivity contribution in [3.05, 3.63) is 34.5 Å². The highest BCUT2D eigenvalue weighted by molar-refractivity contribution is 6.30. The summed E-state index contributed by atoms with van der Waals surface area (Å²) < 4.78 is 7.63. The van der Waals surface area contributed by atoms with Crippen LogP contribution in [0.1, 0.15) is 35.3 Å². The summed E-state index contributed by atoms with van der Waals surface area (Å²) in [5.41, 5.74) is 3.16. The molecule has 0 radical (unpaired) electrons. The summed E-state index contributed by atoms with van der Waals surface area (Å²) in [6.45, 7) is 3.40. The molecule has 1 saturated carbocycles. The van der Waals surface area contributed by atoms with Crippen LogP contribution in [0.25, 0.3) is 11.1 Å². The smallest absolute Gasteiger partial charge is 0.272 e. The second kappa shape index (κ2) is 5.57. The zero-order valence-corrected chi connectivity index (χ0v) is 13.7. The molecular weight excluding hydrogens is 314 g/mol. The van der Waals surface area contributed by atoms with Gasteiger partial charge >= 0.3 is 0 Å². The summed E-state index contributed by atoms with van der Waals surface area (Å²) in [4.78, 5) is 12.6. The van der Waals surface area contributed by atoms with Crippen LogP contribution < -0.4 is 10.1 Å². The lowest BCUT2D eigenvalue weighted by atomic mass is 10.00. The minimum atomic E-state index is -0.123. The molecule has 4 rings (SSSR count). The lowest BCUT2D eigenvalue weighted by Gasteiger charge is -2.16.